The van der Waals surface area contributed by atoms with E-state index in [0.29, 0.717) is 18.7 Å². The molecule has 1 saturated heterocycles. The van der Waals surface area contributed by atoms with Crippen LogP contribution < -0.4 is 9.62 Å². The Hall–Kier alpha value is -2.05. The van der Waals surface area contributed by atoms with Crippen molar-refractivity contribution >= 4 is 38.9 Å². The Morgan fingerprint density at radius 3 is 2.38 bits per heavy atom. The molecule has 0 bridgehead atoms. The van der Waals surface area contributed by atoms with E-state index in [1.165, 1.54) is 12.1 Å². The maximum atomic E-state index is 12.4. The average molecular weight is 365 g/mol. The Morgan fingerprint density at radius 2 is 1.71 bits per heavy atom. The molecule has 2 aromatic carbocycles. The molecule has 1 aliphatic heterocycles. The Labute approximate surface area is 146 Å². The van der Waals surface area contributed by atoms with Crippen LogP contribution in [0.3, 0.4) is 0 Å². The topological polar surface area (TPSA) is 66.5 Å². The standard InChI is InChI=1S/C17H17ClN2O3S/c18-15-5-1-2-6-16(15)24(22,23)19-13-8-10-14(11-9-13)20-12-4-3-7-17(20)21/h1-2,5-6,8-11,19H,3-4,7,12H2. The van der Waals surface area contributed by atoms with Crippen LogP contribution in [-0.4, -0.2) is 20.9 Å². The number of carbonyl (C=O) groups is 1. The van der Waals surface area contributed by atoms with Gasteiger partial charge in [-0.05, 0) is 49.2 Å². The van der Waals surface area contributed by atoms with Gasteiger partial charge in [-0.2, -0.15) is 0 Å². The molecule has 126 valence electrons. The van der Waals surface area contributed by atoms with Crippen molar-refractivity contribution in [2.24, 2.45) is 0 Å². The van der Waals surface area contributed by atoms with Gasteiger partial charge in [-0.1, -0.05) is 23.7 Å². The monoisotopic (exact) mass is 364 g/mol. The molecule has 0 spiro atoms. The third-order valence-electron chi connectivity index (χ3n) is 3.88. The van der Waals surface area contributed by atoms with Gasteiger partial charge >= 0.3 is 0 Å². The van der Waals surface area contributed by atoms with Gasteiger partial charge in [-0.15, -0.1) is 0 Å². The summed E-state index contributed by atoms with van der Waals surface area (Å²) in [5.74, 6) is 0.102. The van der Waals surface area contributed by atoms with E-state index >= 15 is 0 Å². The number of rotatable bonds is 4. The molecule has 1 aliphatic rings. The van der Waals surface area contributed by atoms with Crippen LogP contribution >= 0.6 is 11.6 Å². The predicted octanol–water partition coefficient (Wildman–Crippen LogP) is 3.66. The number of amides is 1. The minimum atomic E-state index is -3.75. The van der Waals surface area contributed by atoms with Crippen LogP contribution in [0.25, 0.3) is 0 Å². The third kappa shape index (κ3) is 3.55. The zero-order valence-corrected chi connectivity index (χ0v) is 14.5. The van der Waals surface area contributed by atoms with Crippen LogP contribution in [0.1, 0.15) is 19.3 Å². The molecule has 0 unspecified atom stereocenters. The highest BCUT2D eigenvalue weighted by molar-refractivity contribution is 7.92. The number of nitrogens with one attached hydrogen (secondary N) is 1. The van der Waals surface area contributed by atoms with Gasteiger partial charge in [0.15, 0.2) is 0 Å². The van der Waals surface area contributed by atoms with Crippen molar-refractivity contribution in [3.63, 3.8) is 0 Å². The molecule has 1 fully saturated rings. The quantitative estimate of drug-likeness (QED) is 0.900. The van der Waals surface area contributed by atoms with Crippen LogP contribution in [-0.2, 0) is 14.8 Å². The largest absolute Gasteiger partial charge is 0.312 e. The maximum absolute atomic E-state index is 12.4. The fraction of sp³-hybridized carbons (Fsp3) is 0.235. The molecule has 1 heterocycles. The molecule has 1 amide bonds. The number of anilines is 2. The highest BCUT2D eigenvalue weighted by atomic mass is 35.5. The van der Waals surface area contributed by atoms with Crippen molar-refractivity contribution in [3.8, 4) is 0 Å². The summed E-state index contributed by atoms with van der Waals surface area (Å²) in [5, 5.41) is 0.167. The summed E-state index contributed by atoms with van der Waals surface area (Å²) in [4.78, 5) is 13.7. The zero-order valence-electron chi connectivity index (χ0n) is 12.9. The summed E-state index contributed by atoms with van der Waals surface area (Å²) >= 11 is 5.95. The van der Waals surface area contributed by atoms with E-state index in [4.69, 9.17) is 11.6 Å². The maximum Gasteiger partial charge on any atom is 0.263 e. The van der Waals surface area contributed by atoms with E-state index in [2.05, 4.69) is 4.72 Å². The molecular formula is C17H17ClN2O3S. The van der Waals surface area contributed by atoms with Crippen molar-refractivity contribution in [3.05, 3.63) is 53.6 Å². The van der Waals surface area contributed by atoms with Crippen LogP contribution in [0.5, 0.6) is 0 Å². The molecular weight excluding hydrogens is 348 g/mol. The number of sulfonamides is 1. The first-order valence-electron chi connectivity index (χ1n) is 7.65. The summed E-state index contributed by atoms with van der Waals surface area (Å²) in [6, 6.07) is 13.0. The fourth-order valence-electron chi connectivity index (χ4n) is 2.66. The Morgan fingerprint density at radius 1 is 1.00 bits per heavy atom. The lowest BCUT2D eigenvalue weighted by molar-refractivity contribution is -0.119. The van der Waals surface area contributed by atoms with E-state index in [9.17, 15) is 13.2 Å². The van der Waals surface area contributed by atoms with E-state index in [0.717, 1.165) is 18.5 Å². The number of halogens is 1. The highest BCUT2D eigenvalue weighted by Crippen LogP contribution is 2.26. The fourth-order valence-corrected chi connectivity index (χ4v) is 4.24. The zero-order chi connectivity index (χ0) is 17.2. The lowest BCUT2D eigenvalue weighted by Gasteiger charge is -2.26. The molecule has 0 radical (unpaired) electrons. The van der Waals surface area contributed by atoms with E-state index in [1.807, 2.05) is 0 Å². The first-order valence-corrected chi connectivity index (χ1v) is 9.51. The number of hydrogen-bond donors (Lipinski definition) is 1. The molecule has 0 atom stereocenters. The molecule has 3 rings (SSSR count). The van der Waals surface area contributed by atoms with Crippen LogP contribution in [0, 0.1) is 0 Å². The summed E-state index contributed by atoms with van der Waals surface area (Å²) in [6.07, 6.45) is 2.46. The third-order valence-corrected chi connectivity index (χ3v) is 5.76. The van der Waals surface area contributed by atoms with Gasteiger partial charge < -0.3 is 4.90 Å². The number of piperidine rings is 1. The van der Waals surface area contributed by atoms with Gasteiger partial charge in [0, 0.05) is 24.3 Å². The van der Waals surface area contributed by atoms with E-state index in [1.54, 1.807) is 41.3 Å². The van der Waals surface area contributed by atoms with Gasteiger partial charge in [0.1, 0.15) is 4.90 Å². The van der Waals surface area contributed by atoms with Crippen LogP contribution in [0.4, 0.5) is 11.4 Å². The molecule has 24 heavy (non-hydrogen) atoms. The van der Waals surface area contributed by atoms with E-state index in [-0.39, 0.29) is 15.8 Å². The van der Waals surface area contributed by atoms with Crippen molar-refractivity contribution in [1.29, 1.82) is 0 Å². The lowest BCUT2D eigenvalue weighted by atomic mass is 10.1. The second kappa shape index (κ2) is 6.83. The number of benzene rings is 2. The first kappa shape index (κ1) is 16.8. The SMILES string of the molecule is O=C1CCCCN1c1ccc(NS(=O)(=O)c2ccccc2Cl)cc1. The second-order valence-corrected chi connectivity index (χ2v) is 7.64. The minimum Gasteiger partial charge on any atom is -0.312 e. The number of hydrogen-bond acceptors (Lipinski definition) is 3. The van der Waals surface area contributed by atoms with Crippen molar-refractivity contribution in [1.82, 2.24) is 0 Å². The molecule has 0 aliphatic carbocycles. The summed E-state index contributed by atoms with van der Waals surface area (Å²) in [5.41, 5.74) is 1.20. The van der Waals surface area contributed by atoms with Crippen molar-refractivity contribution in [2.75, 3.05) is 16.2 Å². The predicted molar refractivity (Wildman–Crippen MR) is 94.9 cm³/mol. The summed E-state index contributed by atoms with van der Waals surface area (Å²) in [7, 11) is -3.75. The smallest absolute Gasteiger partial charge is 0.263 e. The van der Waals surface area contributed by atoms with Crippen LogP contribution in [0.2, 0.25) is 5.02 Å². The Kier molecular flexibility index (Phi) is 4.78. The number of nitrogens with zero attached hydrogens (tertiary/aromatic N) is 1. The van der Waals surface area contributed by atoms with Gasteiger partial charge in [0.05, 0.1) is 5.02 Å². The van der Waals surface area contributed by atoms with Gasteiger partial charge in [-0.25, -0.2) is 8.42 Å². The Bertz CT molecular complexity index is 850. The van der Waals surface area contributed by atoms with Gasteiger partial charge in [0.25, 0.3) is 10.0 Å². The summed E-state index contributed by atoms with van der Waals surface area (Å²) < 4.78 is 27.3. The van der Waals surface area contributed by atoms with Gasteiger partial charge in [-0.3, -0.25) is 9.52 Å². The first-order chi connectivity index (χ1) is 11.5. The van der Waals surface area contributed by atoms with Crippen molar-refractivity contribution in [2.45, 2.75) is 24.2 Å². The Balaban J connectivity index is 1.79. The molecule has 0 aromatic heterocycles. The molecule has 0 saturated carbocycles. The minimum absolute atomic E-state index is 0.0296. The number of carbonyl (C=O) groups excluding carboxylic acids is 1. The normalized spacial score (nSPS) is 15.4. The van der Waals surface area contributed by atoms with E-state index < -0.39 is 10.0 Å². The average Bonchev–Trinajstić information content (AvgIpc) is 2.56. The van der Waals surface area contributed by atoms with Crippen molar-refractivity contribution < 1.29 is 13.2 Å². The molecule has 5 nitrogen and oxygen atoms in total. The molecule has 1 N–H and O–H groups in total. The van der Waals surface area contributed by atoms with Gasteiger partial charge in [0.2, 0.25) is 5.91 Å². The summed E-state index contributed by atoms with van der Waals surface area (Å²) in [6.45, 7) is 0.698. The van der Waals surface area contributed by atoms with Crippen LogP contribution in [0.15, 0.2) is 53.4 Å². The highest BCUT2D eigenvalue weighted by Gasteiger charge is 2.20. The second-order valence-electron chi connectivity index (χ2n) is 5.59. The lowest BCUT2D eigenvalue weighted by Crippen LogP contribution is -2.35. The molecule has 2 aromatic rings. The molecule has 7 heteroatoms.